The normalized spacial score (nSPS) is 12.7. The molecule has 0 bridgehead atoms. The van der Waals surface area contributed by atoms with E-state index in [0.29, 0.717) is 0 Å². The number of imidazole rings is 2. The van der Waals surface area contributed by atoms with E-state index in [9.17, 15) is 26.3 Å². The second-order valence-electron chi connectivity index (χ2n) is 7.26. The average molecular weight is 613 g/mol. The van der Waals surface area contributed by atoms with E-state index in [4.69, 9.17) is 37.2 Å². The summed E-state index contributed by atoms with van der Waals surface area (Å²) >= 11 is 6.90. The molecule has 0 fully saturated rings. The van der Waals surface area contributed by atoms with Gasteiger partial charge in [-0.05, 0) is 0 Å². The third kappa shape index (κ3) is 7.77. The van der Waals surface area contributed by atoms with Crippen LogP contribution in [0.4, 0.5) is 26.3 Å². The molecule has 210 valence electrons. The first-order valence-electron chi connectivity index (χ1n) is 9.24. The highest BCUT2D eigenvalue weighted by atomic mass is 35.7. The van der Waals surface area contributed by atoms with Crippen LogP contribution in [-0.2, 0) is 48.4 Å². The van der Waals surface area contributed by atoms with Gasteiger partial charge in [-0.25, -0.2) is 35.1 Å². The van der Waals surface area contributed by atoms with Gasteiger partial charge in [0.1, 0.15) is 22.8 Å². The van der Waals surface area contributed by atoms with E-state index >= 15 is 0 Å². The molecule has 0 spiro atoms. The Hall–Kier alpha value is -1.46. The van der Waals surface area contributed by atoms with E-state index in [-0.39, 0.29) is 0 Å². The Kier molecular flexibility index (Phi) is 11.0. The Morgan fingerprint density at radius 1 is 0.722 bits per heavy atom. The zero-order valence-corrected chi connectivity index (χ0v) is 23.4. The van der Waals surface area contributed by atoms with E-state index in [1.54, 1.807) is 0 Å². The minimum Gasteiger partial charge on any atom is -0.741 e. The zero-order chi connectivity index (χ0) is 29.4. The van der Waals surface area contributed by atoms with Crippen LogP contribution in [0.1, 0.15) is 22.8 Å². The number of hydrogen-bond donors (Lipinski definition) is 0. The van der Waals surface area contributed by atoms with Gasteiger partial charge in [0.05, 0.1) is 28.2 Å². The summed E-state index contributed by atoms with van der Waals surface area (Å²) in [6.45, 7) is 8.56. The summed E-state index contributed by atoms with van der Waals surface area (Å²) in [7, 11) is -4.72. The molecule has 20 heteroatoms. The fraction of sp³-hybridized carbons (Fsp3) is 0.625. The van der Waals surface area contributed by atoms with Gasteiger partial charge in [0.25, 0.3) is 0 Å². The van der Waals surface area contributed by atoms with E-state index in [1.165, 1.54) is 33.9 Å². The summed E-state index contributed by atoms with van der Waals surface area (Å²) in [5.41, 5.74) is -3.88. The third-order valence-corrected chi connectivity index (χ3v) is 9.12. The molecule has 2 aromatic heterocycles. The number of hydrogen-bond acceptors (Lipinski definition) is 6. The van der Waals surface area contributed by atoms with Gasteiger partial charge in [0.2, 0.25) is 7.27 Å². The molecule has 2 aromatic rings. The standard InChI is InChI=1S/C14H24ClN4P.2CHF3O3S/c1-9-10(2)17(6)13(16(9)5)20(15)14-18(7)11(3)12(4)19(14)8;2*2-1(3,4)8(5,6)7/h1-8H3;2*(H,5,6,7)/q+2;;/p-2. The topological polar surface area (TPSA) is 132 Å². The van der Waals surface area contributed by atoms with E-state index in [2.05, 4.69) is 74.2 Å². The van der Waals surface area contributed by atoms with Gasteiger partial charge in [-0.15, -0.1) is 0 Å². The number of rotatable bonds is 2. The lowest BCUT2D eigenvalue weighted by atomic mass is 10.4. The molecular weight excluding hydrogens is 589 g/mol. The van der Waals surface area contributed by atoms with E-state index in [1.807, 2.05) is 0 Å². The molecule has 2 rings (SSSR count). The molecule has 0 atom stereocenters. The van der Waals surface area contributed by atoms with Crippen LogP contribution >= 0.6 is 18.5 Å². The molecule has 0 radical (unpaired) electrons. The van der Waals surface area contributed by atoms with Crippen LogP contribution in [-0.4, -0.2) is 46.1 Å². The van der Waals surface area contributed by atoms with Crippen molar-refractivity contribution >= 4 is 49.9 Å². The van der Waals surface area contributed by atoms with Gasteiger partial charge in [-0.2, -0.15) is 26.3 Å². The Labute approximate surface area is 210 Å². The first-order valence-corrected chi connectivity index (χ1v) is 14.3. The van der Waals surface area contributed by atoms with Crippen LogP contribution in [0.15, 0.2) is 0 Å². The van der Waals surface area contributed by atoms with Gasteiger partial charge in [0, 0.05) is 27.7 Å². The minimum atomic E-state index is -6.09. The maximum atomic E-state index is 10.7. The van der Waals surface area contributed by atoms with Crippen molar-refractivity contribution in [3.8, 4) is 0 Å². The lowest BCUT2D eigenvalue weighted by Crippen LogP contribution is -2.53. The van der Waals surface area contributed by atoms with Gasteiger partial charge < -0.3 is 9.11 Å². The molecule has 2 heterocycles. The smallest absolute Gasteiger partial charge is 0.485 e. The molecule has 0 unspecified atom stereocenters. The number of alkyl halides is 6. The average Bonchev–Trinajstić information content (AvgIpc) is 2.98. The zero-order valence-electron chi connectivity index (χ0n) is 20.1. The Morgan fingerprint density at radius 2 is 0.917 bits per heavy atom. The molecule has 0 aliphatic heterocycles. The molecule has 36 heavy (non-hydrogen) atoms. The fourth-order valence-electron chi connectivity index (χ4n) is 2.64. The predicted octanol–water partition coefficient (Wildman–Crippen LogP) is 0.936. The monoisotopic (exact) mass is 612 g/mol. The Balaban J connectivity index is 0.000000634. The van der Waals surface area contributed by atoms with Crippen molar-refractivity contribution in [2.45, 2.75) is 38.7 Å². The van der Waals surface area contributed by atoms with Crippen LogP contribution in [0.3, 0.4) is 0 Å². The van der Waals surface area contributed by atoms with Crippen LogP contribution in [0.5, 0.6) is 0 Å². The summed E-state index contributed by atoms with van der Waals surface area (Å²) < 4.78 is 127. The molecule has 0 saturated heterocycles. The van der Waals surface area contributed by atoms with Gasteiger partial charge >= 0.3 is 22.1 Å². The van der Waals surface area contributed by atoms with Gasteiger partial charge in [-0.3, -0.25) is 0 Å². The highest BCUT2D eigenvalue weighted by Gasteiger charge is 2.39. The highest BCUT2D eigenvalue weighted by Crippen LogP contribution is 2.37. The second kappa shape index (κ2) is 11.5. The van der Waals surface area contributed by atoms with Crippen LogP contribution in [0.2, 0.25) is 0 Å². The van der Waals surface area contributed by atoms with Crippen molar-refractivity contribution in [1.82, 2.24) is 9.13 Å². The first-order chi connectivity index (χ1) is 15.7. The largest absolute Gasteiger partial charge is 0.741 e. The quantitative estimate of drug-likeness (QED) is 0.163. The highest BCUT2D eigenvalue weighted by molar-refractivity contribution is 7.94. The first kappa shape index (κ1) is 34.5. The lowest BCUT2D eigenvalue weighted by molar-refractivity contribution is -0.662. The summed E-state index contributed by atoms with van der Waals surface area (Å²) in [5, 5.41) is 0. The molecule has 0 aromatic carbocycles. The predicted molar refractivity (Wildman–Crippen MR) is 116 cm³/mol. The van der Waals surface area contributed by atoms with Crippen molar-refractivity contribution in [2.75, 3.05) is 0 Å². The van der Waals surface area contributed by atoms with E-state index in [0.717, 1.165) is 0 Å². The molecule has 0 aliphatic rings. The van der Waals surface area contributed by atoms with Crippen LogP contribution in [0, 0.1) is 27.7 Å². The number of aromatic nitrogens is 4. The van der Waals surface area contributed by atoms with Crippen LogP contribution in [0.25, 0.3) is 0 Å². The lowest BCUT2D eigenvalue weighted by Gasteiger charge is -2.08. The third-order valence-electron chi connectivity index (χ3n) is 5.18. The summed E-state index contributed by atoms with van der Waals surface area (Å²) in [6, 6.07) is 0. The molecule has 0 aliphatic carbocycles. The molecule has 10 nitrogen and oxygen atoms in total. The summed E-state index contributed by atoms with van der Waals surface area (Å²) in [6.07, 6.45) is 0. The number of halogens is 7. The molecule has 0 amide bonds. The van der Waals surface area contributed by atoms with Gasteiger partial charge in [-0.1, -0.05) is 11.2 Å². The fourth-order valence-corrected chi connectivity index (χ4v) is 5.83. The molecular formula is C16H24ClF6N4O6PS2. The van der Waals surface area contributed by atoms with Crippen molar-refractivity contribution in [2.24, 2.45) is 28.2 Å². The number of nitrogens with zero attached hydrogens (tertiary/aromatic N) is 4. The molecule has 0 saturated carbocycles. The van der Waals surface area contributed by atoms with E-state index < -0.39 is 38.5 Å². The Morgan fingerprint density at radius 3 is 1.03 bits per heavy atom. The second-order valence-corrected chi connectivity index (χ2v) is 12.4. The molecule has 0 N–H and O–H groups in total. The van der Waals surface area contributed by atoms with Crippen molar-refractivity contribution in [3.05, 3.63) is 22.8 Å². The van der Waals surface area contributed by atoms with Gasteiger partial charge in [0.15, 0.2) is 20.2 Å². The van der Waals surface area contributed by atoms with Crippen molar-refractivity contribution in [1.29, 1.82) is 0 Å². The maximum absolute atomic E-state index is 10.7. The maximum Gasteiger partial charge on any atom is 0.485 e. The van der Waals surface area contributed by atoms with Crippen molar-refractivity contribution < 1.29 is 61.4 Å². The van der Waals surface area contributed by atoms with Crippen molar-refractivity contribution in [3.63, 3.8) is 0 Å². The minimum absolute atomic E-state index is 0.921. The Bertz CT molecular complexity index is 1170. The van der Waals surface area contributed by atoms with Crippen LogP contribution < -0.4 is 20.3 Å². The summed E-state index contributed by atoms with van der Waals surface area (Å²) in [4.78, 5) is 0. The SMILES string of the molecule is Cc1c(C)[n+](C)c(P(Cl)c2n(C)c(C)c(C)[n+]2C)n1C.O=S(=O)([O-])C(F)(F)F.O=S(=O)([O-])C(F)(F)F. The summed E-state index contributed by atoms with van der Waals surface area (Å²) in [5.74, 6) is 0.